The topological polar surface area (TPSA) is 51.2 Å². The number of rotatable bonds is 3. The zero-order valence-corrected chi connectivity index (χ0v) is 9.53. The molecule has 1 aromatic rings. The summed E-state index contributed by atoms with van der Waals surface area (Å²) in [4.78, 5) is 35.2. The maximum Gasteiger partial charge on any atom is 0.190 e. The number of ketones is 3. The van der Waals surface area contributed by atoms with Crippen LogP contribution in [0.25, 0.3) is 0 Å². The van der Waals surface area contributed by atoms with Crippen LogP contribution >= 0.6 is 0 Å². The number of carbonyl (C=O) groups excluding carboxylic acids is 3. The number of carbonyl (C=O) groups is 3. The van der Waals surface area contributed by atoms with E-state index in [2.05, 4.69) is 0 Å². The second-order valence-electron chi connectivity index (χ2n) is 3.98. The summed E-state index contributed by atoms with van der Waals surface area (Å²) in [6.07, 6.45) is 1.72. The van der Waals surface area contributed by atoms with Gasteiger partial charge in [0.05, 0.1) is 0 Å². The Morgan fingerprint density at radius 1 is 1.12 bits per heavy atom. The first kappa shape index (κ1) is 11.5. The van der Waals surface area contributed by atoms with E-state index < -0.39 is 0 Å². The Morgan fingerprint density at radius 2 is 1.76 bits per heavy atom. The second kappa shape index (κ2) is 4.45. The fourth-order valence-electron chi connectivity index (χ4n) is 1.84. The van der Waals surface area contributed by atoms with Gasteiger partial charge in [0.25, 0.3) is 0 Å². The quantitative estimate of drug-likeness (QED) is 0.798. The Balaban J connectivity index is 2.38. The minimum atomic E-state index is -0.206. The van der Waals surface area contributed by atoms with Crippen LogP contribution in [-0.2, 0) is 4.79 Å². The summed E-state index contributed by atoms with van der Waals surface area (Å²) in [7, 11) is 0. The molecule has 0 radical (unpaired) electrons. The first-order valence-corrected chi connectivity index (χ1v) is 5.53. The first-order chi connectivity index (χ1) is 8.13. The highest BCUT2D eigenvalue weighted by atomic mass is 16.1. The van der Waals surface area contributed by atoms with Crippen molar-refractivity contribution in [1.29, 1.82) is 0 Å². The molecule has 0 atom stereocenters. The van der Waals surface area contributed by atoms with Crippen LogP contribution in [0.4, 0.5) is 0 Å². The Labute approximate surface area is 99.1 Å². The zero-order valence-electron chi connectivity index (χ0n) is 9.53. The van der Waals surface area contributed by atoms with E-state index in [1.807, 2.05) is 0 Å². The molecule has 0 amide bonds. The normalized spacial score (nSPS) is 14.3. The van der Waals surface area contributed by atoms with Gasteiger partial charge in [0, 0.05) is 29.5 Å². The SMILES string of the molecule is CCC(=O)CC1=CC(=O)c2ccccc2C1=O. The molecule has 2 rings (SSSR count). The van der Waals surface area contributed by atoms with Crippen molar-refractivity contribution in [2.24, 2.45) is 0 Å². The summed E-state index contributed by atoms with van der Waals surface area (Å²) in [5.41, 5.74) is 1.13. The average Bonchev–Trinajstić information content (AvgIpc) is 2.35. The molecule has 17 heavy (non-hydrogen) atoms. The predicted molar refractivity (Wildman–Crippen MR) is 63.1 cm³/mol. The lowest BCUT2D eigenvalue weighted by Gasteiger charge is -2.13. The van der Waals surface area contributed by atoms with Crippen LogP contribution in [0.15, 0.2) is 35.9 Å². The maximum absolute atomic E-state index is 12.0. The minimum absolute atomic E-state index is 0.0308. The number of allylic oxidation sites excluding steroid dienone is 2. The fraction of sp³-hybridized carbons (Fsp3) is 0.214. The lowest BCUT2D eigenvalue weighted by atomic mass is 9.87. The van der Waals surface area contributed by atoms with Crippen LogP contribution in [0.2, 0.25) is 0 Å². The summed E-state index contributed by atoms with van der Waals surface area (Å²) in [6.45, 7) is 1.74. The summed E-state index contributed by atoms with van der Waals surface area (Å²) < 4.78 is 0. The Bertz CT molecular complexity index is 538. The molecule has 1 aliphatic carbocycles. The van der Waals surface area contributed by atoms with E-state index in [0.717, 1.165) is 0 Å². The lowest BCUT2D eigenvalue weighted by molar-refractivity contribution is -0.118. The molecule has 0 saturated heterocycles. The van der Waals surface area contributed by atoms with E-state index in [0.29, 0.717) is 23.1 Å². The van der Waals surface area contributed by atoms with E-state index in [1.165, 1.54) is 6.08 Å². The molecule has 0 aromatic heterocycles. The van der Waals surface area contributed by atoms with E-state index >= 15 is 0 Å². The molecule has 0 aliphatic heterocycles. The molecule has 3 heteroatoms. The first-order valence-electron chi connectivity index (χ1n) is 5.53. The second-order valence-corrected chi connectivity index (χ2v) is 3.98. The molecule has 0 spiro atoms. The van der Waals surface area contributed by atoms with Crippen molar-refractivity contribution in [3.05, 3.63) is 47.0 Å². The summed E-state index contributed by atoms with van der Waals surface area (Å²) in [6, 6.07) is 6.69. The van der Waals surface area contributed by atoms with Crippen molar-refractivity contribution in [3.8, 4) is 0 Å². The van der Waals surface area contributed by atoms with Crippen molar-refractivity contribution >= 4 is 17.3 Å². The molecule has 0 heterocycles. The third-order valence-corrected chi connectivity index (χ3v) is 2.82. The van der Waals surface area contributed by atoms with Crippen molar-refractivity contribution in [2.45, 2.75) is 19.8 Å². The van der Waals surface area contributed by atoms with Crippen LogP contribution in [0.3, 0.4) is 0 Å². The molecule has 1 aliphatic rings. The Kier molecular flexibility index (Phi) is 3.00. The number of hydrogen-bond donors (Lipinski definition) is 0. The number of fused-ring (bicyclic) bond motifs is 1. The van der Waals surface area contributed by atoms with Crippen LogP contribution in [-0.4, -0.2) is 17.3 Å². The molecule has 0 fully saturated rings. The smallest absolute Gasteiger partial charge is 0.190 e. The third kappa shape index (κ3) is 2.09. The monoisotopic (exact) mass is 228 g/mol. The van der Waals surface area contributed by atoms with E-state index in [1.54, 1.807) is 31.2 Å². The number of Topliss-reactive ketones (excluding diaryl/α,β-unsaturated/α-hetero) is 2. The fourth-order valence-corrected chi connectivity index (χ4v) is 1.84. The van der Waals surface area contributed by atoms with Gasteiger partial charge in [0.1, 0.15) is 5.78 Å². The van der Waals surface area contributed by atoms with Crippen LogP contribution in [0.5, 0.6) is 0 Å². The van der Waals surface area contributed by atoms with Gasteiger partial charge in [-0.1, -0.05) is 31.2 Å². The Morgan fingerprint density at radius 3 is 2.41 bits per heavy atom. The van der Waals surface area contributed by atoms with Gasteiger partial charge in [-0.05, 0) is 6.08 Å². The lowest BCUT2D eigenvalue weighted by Crippen LogP contribution is -2.18. The van der Waals surface area contributed by atoms with E-state index in [4.69, 9.17) is 0 Å². The number of hydrogen-bond acceptors (Lipinski definition) is 3. The van der Waals surface area contributed by atoms with Crippen molar-refractivity contribution < 1.29 is 14.4 Å². The van der Waals surface area contributed by atoms with Crippen molar-refractivity contribution in [3.63, 3.8) is 0 Å². The molecular weight excluding hydrogens is 216 g/mol. The standard InChI is InChI=1S/C14H12O3/c1-2-10(15)7-9-8-13(16)11-5-3-4-6-12(11)14(9)17/h3-6,8H,2,7H2,1H3. The molecule has 3 nitrogen and oxygen atoms in total. The van der Waals surface area contributed by atoms with Crippen LogP contribution in [0, 0.1) is 0 Å². The summed E-state index contributed by atoms with van der Waals surface area (Å²) in [5.74, 6) is -0.433. The molecule has 1 aromatic carbocycles. The summed E-state index contributed by atoms with van der Waals surface area (Å²) >= 11 is 0. The zero-order chi connectivity index (χ0) is 12.4. The Hall–Kier alpha value is -2.03. The molecular formula is C14H12O3. The highest BCUT2D eigenvalue weighted by molar-refractivity contribution is 6.25. The summed E-state index contributed by atoms with van der Waals surface area (Å²) in [5, 5.41) is 0. The number of benzene rings is 1. The van der Waals surface area contributed by atoms with Gasteiger partial charge >= 0.3 is 0 Å². The highest BCUT2D eigenvalue weighted by Crippen LogP contribution is 2.23. The van der Waals surface area contributed by atoms with Gasteiger partial charge < -0.3 is 0 Å². The molecule has 0 bridgehead atoms. The van der Waals surface area contributed by atoms with Gasteiger partial charge in [-0.3, -0.25) is 14.4 Å². The molecule has 86 valence electrons. The van der Waals surface area contributed by atoms with Crippen LogP contribution in [0.1, 0.15) is 40.5 Å². The van der Waals surface area contributed by atoms with Crippen molar-refractivity contribution in [2.75, 3.05) is 0 Å². The molecule has 0 saturated carbocycles. The van der Waals surface area contributed by atoms with Gasteiger partial charge in [0.2, 0.25) is 0 Å². The average molecular weight is 228 g/mol. The predicted octanol–water partition coefficient (Wildman–Crippen LogP) is 2.36. The van der Waals surface area contributed by atoms with Gasteiger partial charge in [-0.25, -0.2) is 0 Å². The third-order valence-electron chi connectivity index (χ3n) is 2.82. The van der Waals surface area contributed by atoms with Crippen molar-refractivity contribution in [1.82, 2.24) is 0 Å². The minimum Gasteiger partial charge on any atom is -0.299 e. The van der Waals surface area contributed by atoms with Gasteiger partial charge in [0.15, 0.2) is 11.6 Å². The maximum atomic E-state index is 12.0. The van der Waals surface area contributed by atoms with Gasteiger partial charge in [-0.2, -0.15) is 0 Å². The molecule has 0 unspecified atom stereocenters. The van der Waals surface area contributed by atoms with Gasteiger partial charge in [-0.15, -0.1) is 0 Å². The largest absolute Gasteiger partial charge is 0.299 e. The van der Waals surface area contributed by atoms with Crippen LogP contribution < -0.4 is 0 Å². The van der Waals surface area contributed by atoms with E-state index in [-0.39, 0.29) is 23.8 Å². The van der Waals surface area contributed by atoms with E-state index in [9.17, 15) is 14.4 Å². The molecule has 0 N–H and O–H groups in total. The highest BCUT2D eigenvalue weighted by Gasteiger charge is 2.25.